The minimum atomic E-state index is 0.668. The highest BCUT2D eigenvalue weighted by Gasteiger charge is 2.13. The summed E-state index contributed by atoms with van der Waals surface area (Å²) in [6, 6.07) is 10.3. The fourth-order valence-electron chi connectivity index (χ4n) is 4.37. The fourth-order valence-corrected chi connectivity index (χ4v) is 4.37. The van der Waals surface area contributed by atoms with Crippen LogP contribution in [0.25, 0.3) is 0 Å². The Morgan fingerprint density at radius 2 is 0.917 bits per heavy atom. The summed E-state index contributed by atoms with van der Waals surface area (Å²) in [7, 11) is 0. The van der Waals surface area contributed by atoms with Crippen LogP contribution >= 0.6 is 0 Å². The van der Waals surface area contributed by atoms with Crippen LogP contribution in [-0.2, 0) is 0 Å². The van der Waals surface area contributed by atoms with Gasteiger partial charge < -0.3 is 10.6 Å². The number of hydrogen-bond acceptors (Lipinski definition) is 2. The molecule has 2 saturated carbocycles. The lowest BCUT2D eigenvalue weighted by molar-refractivity contribution is 0.470. The summed E-state index contributed by atoms with van der Waals surface area (Å²) in [5.41, 5.74) is 2.60. The molecule has 134 valence electrons. The maximum atomic E-state index is 3.81. The Balaban J connectivity index is 1.54. The van der Waals surface area contributed by atoms with Crippen molar-refractivity contribution in [1.82, 2.24) is 0 Å². The van der Waals surface area contributed by atoms with E-state index in [2.05, 4.69) is 34.9 Å². The predicted molar refractivity (Wildman–Crippen MR) is 106 cm³/mol. The van der Waals surface area contributed by atoms with Crippen molar-refractivity contribution in [3.8, 4) is 0 Å². The second-order valence-corrected chi connectivity index (χ2v) is 7.95. The molecular weight excluding hydrogens is 292 g/mol. The molecule has 3 rings (SSSR count). The van der Waals surface area contributed by atoms with Gasteiger partial charge in [0.15, 0.2) is 0 Å². The first-order valence-corrected chi connectivity index (χ1v) is 10.5. The molecule has 0 bridgehead atoms. The van der Waals surface area contributed by atoms with E-state index in [9.17, 15) is 0 Å². The first-order chi connectivity index (χ1) is 11.9. The number of hydrogen-bond donors (Lipinski definition) is 2. The van der Waals surface area contributed by atoms with E-state index < -0.39 is 0 Å². The number of anilines is 2. The van der Waals surface area contributed by atoms with Gasteiger partial charge in [-0.2, -0.15) is 0 Å². The van der Waals surface area contributed by atoms with Gasteiger partial charge in [-0.15, -0.1) is 0 Å². The molecular formula is C22H36N2. The van der Waals surface area contributed by atoms with Gasteiger partial charge in [0.1, 0.15) is 0 Å². The Kier molecular flexibility index (Phi) is 7.32. The van der Waals surface area contributed by atoms with E-state index in [1.165, 1.54) is 101 Å². The zero-order valence-electron chi connectivity index (χ0n) is 15.4. The van der Waals surface area contributed by atoms with Gasteiger partial charge in [-0.25, -0.2) is 0 Å². The average molecular weight is 329 g/mol. The third-order valence-electron chi connectivity index (χ3n) is 5.81. The molecule has 2 aliphatic rings. The Morgan fingerprint density at radius 1 is 0.542 bits per heavy atom. The van der Waals surface area contributed by atoms with Crippen molar-refractivity contribution in [2.24, 2.45) is 0 Å². The van der Waals surface area contributed by atoms with Crippen LogP contribution in [0.2, 0.25) is 0 Å². The molecule has 0 amide bonds. The van der Waals surface area contributed by atoms with Gasteiger partial charge in [0.25, 0.3) is 0 Å². The Morgan fingerprint density at radius 3 is 1.33 bits per heavy atom. The highest BCUT2D eigenvalue weighted by Crippen LogP contribution is 2.25. The molecule has 0 unspecified atom stereocenters. The quantitative estimate of drug-likeness (QED) is 0.639. The average Bonchev–Trinajstić information content (AvgIpc) is 2.53. The van der Waals surface area contributed by atoms with Crippen LogP contribution in [0.5, 0.6) is 0 Å². The van der Waals surface area contributed by atoms with E-state index in [1.54, 1.807) is 0 Å². The monoisotopic (exact) mass is 328 g/mol. The van der Waals surface area contributed by atoms with E-state index in [-0.39, 0.29) is 0 Å². The van der Waals surface area contributed by atoms with Crippen LogP contribution in [-0.4, -0.2) is 12.1 Å². The maximum absolute atomic E-state index is 3.81. The molecule has 2 N–H and O–H groups in total. The molecule has 2 heteroatoms. The molecule has 0 atom stereocenters. The van der Waals surface area contributed by atoms with Gasteiger partial charge in [0.2, 0.25) is 0 Å². The van der Waals surface area contributed by atoms with Crippen molar-refractivity contribution in [1.29, 1.82) is 0 Å². The third kappa shape index (κ3) is 6.03. The zero-order valence-corrected chi connectivity index (χ0v) is 15.4. The fraction of sp³-hybridized carbons (Fsp3) is 0.727. The van der Waals surface area contributed by atoms with Crippen molar-refractivity contribution >= 4 is 11.4 Å². The van der Waals surface area contributed by atoms with Crippen molar-refractivity contribution in [2.75, 3.05) is 10.6 Å². The molecule has 0 saturated heterocycles. The first kappa shape index (κ1) is 17.6. The van der Waals surface area contributed by atoms with Crippen molar-refractivity contribution in [3.63, 3.8) is 0 Å². The van der Waals surface area contributed by atoms with Gasteiger partial charge in [0.05, 0.1) is 0 Å². The summed E-state index contributed by atoms with van der Waals surface area (Å²) in [5.74, 6) is 0. The van der Waals surface area contributed by atoms with Crippen LogP contribution in [0.4, 0.5) is 11.4 Å². The minimum absolute atomic E-state index is 0.668. The molecule has 0 radical (unpaired) electrons. The summed E-state index contributed by atoms with van der Waals surface area (Å²) >= 11 is 0. The third-order valence-corrected chi connectivity index (χ3v) is 5.81. The SMILES string of the molecule is c1cc(NC2CCCCCCC2)cc(NC2CCCCCCC2)c1. The second kappa shape index (κ2) is 9.96. The first-order valence-electron chi connectivity index (χ1n) is 10.5. The van der Waals surface area contributed by atoms with Crippen LogP contribution in [0.1, 0.15) is 89.9 Å². The smallest absolute Gasteiger partial charge is 0.0363 e. The van der Waals surface area contributed by atoms with Crippen molar-refractivity contribution in [2.45, 2.75) is 102 Å². The topological polar surface area (TPSA) is 24.1 Å². The highest BCUT2D eigenvalue weighted by atomic mass is 14.9. The normalized spacial score (nSPS) is 22.0. The van der Waals surface area contributed by atoms with Crippen molar-refractivity contribution < 1.29 is 0 Å². The van der Waals surface area contributed by atoms with E-state index in [0.717, 1.165) is 0 Å². The molecule has 24 heavy (non-hydrogen) atoms. The van der Waals surface area contributed by atoms with Gasteiger partial charge in [-0.05, 0) is 43.9 Å². The number of rotatable bonds is 4. The minimum Gasteiger partial charge on any atom is -0.382 e. The second-order valence-electron chi connectivity index (χ2n) is 7.95. The van der Waals surface area contributed by atoms with Gasteiger partial charge >= 0.3 is 0 Å². The Labute approximate surface area is 148 Å². The lowest BCUT2D eigenvalue weighted by Gasteiger charge is -2.24. The predicted octanol–water partition coefficient (Wildman–Crippen LogP) is 6.74. The number of benzene rings is 1. The highest BCUT2D eigenvalue weighted by molar-refractivity contribution is 5.57. The summed E-state index contributed by atoms with van der Waals surface area (Å²) < 4.78 is 0. The molecule has 0 aliphatic heterocycles. The lowest BCUT2D eigenvalue weighted by atomic mass is 9.96. The molecule has 0 aromatic heterocycles. The lowest BCUT2D eigenvalue weighted by Crippen LogP contribution is -2.22. The van der Waals surface area contributed by atoms with E-state index in [0.29, 0.717) is 12.1 Å². The summed E-state index contributed by atoms with van der Waals surface area (Å²) in [5, 5.41) is 7.62. The van der Waals surface area contributed by atoms with Crippen LogP contribution in [0.15, 0.2) is 24.3 Å². The summed E-state index contributed by atoms with van der Waals surface area (Å²) in [4.78, 5) is 0. The molecule has 0 heterocycles. The molecule has 1 aromatic rings. The van der Waals surface area contributed by atoms with Gasteiger partial charge in [-0.3, -0.25) is 0 Å². The van der Waals surface area contributed by atoms with Crippen LogP contribution in [0.3, 0.4) is 0 Å². The molecule has 1 aromatic carbocycles. The largest absolute Gasteiger partial charge is 0.382 e. The summed E-state index contributed by atoms with van der Waals surface area (Å²) in [6.07, 6.45) is 19.4. The van der Waals surface area contributed by atoms with Crippen LogP contribution < -0.4 is 10.6 Å². The number of nitrogens with one attached hydrogen (secondary N) is 2. The van der Waals surface area contributed by atoms with Gasteiger partial charge in [-0.1, -0.05) is 70.3 Å². The molecule has 0 spiro atoms. The Hall–Kier alpha value is -1.18. The van der Waals surface area contributed by atoms with Crippen LogP contribution in [0, 0.1) is 0 Å². The Bertz CT molecular complexity index is 416. The van der Waals surface area contributed by atoms with E-state index in [4.69, 9.17) is 0 Å². The van der Waals surface area contributed by atoms with Crippen molar-refractivity contribution in [3.05, 3.63) is 24.3 Å². The summed E-state index contributed by atoms with van der Waals surface area (Å²) in [6.45, 7) is 0. The zero-order chi connectivity index (χ0) is 16.5. The molecule has 2 fully saturated rings. The van der Waals surface area contributed by atoms with Gasteiger partial charge in [0, 0.05) is 23.5 Å². The maximum Gasteiger partial charge on any atom is 0.0363 e. The van der Waals surface area contributed by atoms with E-state index in [1.807, 2.05) is 0 Å². The molecule has 2 nitrogen and oxygen atoms in total. The molecule has 2 aliphatic carbocycles. The van der Waals surface area contributed by atoms with E-state index >= 15 is 0 Å². The standard InChI is InChI=1S/C22H36N2/c1-3-7-12-19(13-8-4-1)23-21-16-11-17-22(18-21)24-20-14-9-5-2-6-10-15-20/h11,16-20,23-24H,1-10,12-15H2.